The maximum absolute atomic E-state index is 6.66. The van der Waals surface area contributed by atoms with Gasteiger partial charge < -0.3 is 14.0 Å². The first-order valence-corrected chi connectivity index (χ1v) is 27.4. The Morgan fingerprint density at radius 2 is 1.51 bits per heavy atom. The molecule has 0 bridgehead atoms. The first kappa shape index (κ1) is 47.9. The molecule has 1 saturated carbocycles. The molecular weight excluding hydrogens is 1010 g/mol. The van der Waals surface area contributed by atoms with Crippen LogP contribution in [0.15, 0.2) is 126 Å². The van der Waals surface area contributed by atoms with E-state index in [2.05, 4.69) is 181 Å². The number of hydrogen-bond donors (Lipinski definition) is 0. The molecule has 0 aliphatic heterocycles. The molecule has 5 heterocycles. The zero-order valence-electron chi connectivity index (χ0n) is 40.8. The Kier molecular flexibility index (Phi) is 14.0. The van der Waals surface area contributed by atoms with E-state index in [4.69, 9.17) is 19.4 Å². The molecule has 0 spiro atoms. The molecular formula is C59H63IrN5OSi-2. The van der Waals surface area contributed by atoms with Gasteiger partial charge in [-0.1, -0.05) is 153 Å². The molecule has 0 unspecified atom stereocenters. The Bertz CT molecular complexity index is 3150. The van der Waals surface area contributed by atoms with Gasteiger partial charge in [0.2, 0.25) is 5.71 Å². The van der Waals surface area contributed by atoms with Gasteiger partial charge >= 0.3 is 0 Å². The first-order chi connectivity index (χ1) is 31.6. The van der Waals surface area contributed by atoms with Crippen molar-refractivity contribution in [2.45, 2.75) is 117 Å². The van der Waals surface area contributed by atoms with Crippen LogP contribution < -0.4 is 5.19 Å². The van der Waals surface area contributed by atoms with Crippen molar-refractivity contribution in [3.8, 4) is 39.5 Å². The molecule has 0 atom stereocenters. The molecule has 0 saturated heterocycles. The fourth-order valence-corrected chi connectivity index (χ4v) is 11.3. The van der Waals surface area contributed by atoms with Gasteiger partial charge in [0.05, 0.1) is 36.7 Å². The van der Waals surface area contributed by atoms with E-state index in [1.165, 1.54) is 53.1 Å². The van der Waals surface area contributed by atoms with Crippen molar-refractivity contribution in [3.63, 3.8) is 0 Å². The summed E-state index contributed by atoms with van der Waals surface area (Å²) in [4.78, 5) is 19.8. The fraction of sp³-hybridized carbons (Fsp3) is 0.322. The van der Waals surface area contributed by atoms with Crippen molar-refractivity contribution in [2.24, 2.45) is 5.92 Å². The van der Waals surface area contributed by atoms with Crippen molar-refractivity contribution in [3.05, 3.63) is 156 Å². The molecule has 345 valence electrons. The molecule has 0 amide bonds. The zero-order chi connectivity index (χ0) is 46.3. The van der Waals surface area contributed by atoms with Gasteiger partial charge in [-0.15, -0.1) is 54.1 Å². The van der Waals surface area contributed by atoms with Crippen molar-refractivity contribution in [1.29, 1.82) is 0 Å². The topological polar surface area (TPSA) is 69.6 Å². The van der Waals surface area contributed by atoms with E-state index < -0.39 is 8.07 Å². The molecule has 1 radical (unpaired) electrons. The summed E-state index contributed by atoms with van der Waals surface area (Å²) in [7, 11) is -1.34. The number of imidazole rings is 1. The van der Waals surface area contributed by atoms with Crippen LogP contribution in [0.25, 0.3) is 72.6 Å². The minimum absolute atomic E-state index is 0. The van der Waals surface area contributed by atoms with Crippen LogP contribution in [0.1, 0.15) is 109 Å². The van der Waals surface area contributed by atoms with E-state index in [1.807, 2.05) is 30.5 Å². The van der Waals surface area contributed by atoms with Gasteiger partial charge in [-0.25, -0.2) is 4.98 Å². The van der Waals surface area contributed by atoms with Crippen LogP contribution in [0, 0.1) is 18.1 Å². The van der Waals surface area contributed by atoms with E-state index >= 15 is 0 Å². The van der Waals surface area contributed by atoms with Crippen LogP contribution in [0.5, 0.6) is 0 Å². The second kappa shape index (κ2) is 19.6. The average Bonchev–Trinajstić information content (AvgIpc) is 4.06. The molecule has 1 aliphatic rings. The smallest absolute Gasteiger partial charge is 0.216 e. The molecule has 4 aromatic carbocycles. The van der Waals surface area contributed by atoms with Crippen LogP contribution in [0.2, 0.25) is 19.6 Å². The van der Waals surface area contributed by atoms with E-state index in [0.29, 0.717) is 11.6 Å². The van der Waals surface area contributed by atoms with Crippen LogP contribution >= 0.6 is 0 Å². The Hall–Kier alpha value is -5.53. The second-order valence-corrected chi connectivity index (χ2v) is 26.0. The van der Waals surface area contributed by atoms with Gasteiger partial charge in [0, 0.05) is 48.8 Å². The van der Waals surface area contributed by atoms with Crippen LogP contribution in [-0.4, -0.2) is 32.6 Å². The van der Waals surface area contributed by atoms with Gasteiger partial charge in [0.1, 0.15) is 0 Å². The first-order valence-electron chi connectivity index (χ1n) is 23.9. The zero-order valence-corrected chi connectivity index (χ0v) is 44.2. The van der Waals surface area contributed by atoms with Crippen LogP contribution in [-0.2, 0) is 31.9 Å². The minimum Gasteiger partial charge on any atom is -0.486 e. The van der Waals surface area contributed by atoms with Gasteiger partial charge in [-0.05, 0) is 87.5 Å². The molecule has 5 aromatic heterocycles. The van der Waals surface area contributed by atoms with Gasteiger partial charge in [0.15, 0.2) is 0 Å². The molecule has 1 fully saturated rings. The molecule has 6 nitrogen and oxygen atoms in total. The largest absolute Gasteiger partial charge is 0.486 e. The number of aromatic nitrogens is 5. The molecule has 67 heavy (non-hydrogen) atoms. The number of nitrogens with zero attached hydrogens (tertiary/aromatic N) is 5. The Morgan fingerprint density at radius 3 is 2.19 bits per heavy atom. The quantitative estimate of drug-likeness (QED) is 0.106. The van der Waals surface area contributed by atoms with E-state index in [9.17, 15) is 0 Å². The summed E-state index contributed by atoms with van der Waals surface area (Å²) in [5.74, 6) is 2.33. The Morgan fingerprint density at radius 1 is 0.746 bits per heavy atom. The predicted molar refractivity (Wildman–Crippen MR) is 278 cm³/mol. The summed E-state index contributed by atoms with van der Waals surface area (Å²) in [6.45, 7) is 22.9. The van der Waals surface area contributed by atoms with Gasteiger partial charge in [0.25, 0.3) is 0 Å². The van der Waals surface area contributed by atoms with Crippen molar-refractivity contribution in [2.75, 3.05) is 0 Å². The molecule has 9 aromatic rings. The summed E-state index contributed by atoms with van der Waals surface area (Å²) < 4.78 is 8.96. The van der Waals surface area contributed by atoms with Crippen molar-refractivity contribution < 1.29 is 24.5 Å². The van der Waals surface area contributed by atoms with Crippen molar-refractivity contribution >= 4 is 46.4 Å². The van der Waals surface area contributed by atoms with E-state index in [-0.39, 0.29) is 31.4 Å². The minimum atomic E-state index is -1.34. The summed E-state index contributed by atoms with van der Waals surface area (Å²) in [5.41, 5.74) is 14.4. The summed E-state index contributed by atoms with van der Waals surface area (Å²) in [6.07, 6.45) is 10.3. The average molecular weight is 1080 g/mol. The third kappa shape index (κ3) is 10.0. The Labute approximate surface area is 412 Å². The standard InChI is InChI=1S/C42H41N4O.C17H22NSi.Ir/c1-26(2)35-24-38-36(25-43-35)45-40(46(38)37-21-18-29(23-34(37)42(3,4)5)28-14-7-6-8-15-28)33-17-11-16-31-32-20-19-30(22-27-12-9-10-13-27)44-41(32)47-39(31)33;1-13(2)15-11-16(14-9-7-6-8-10-14)18-12-17(15)19(3,4)5;/h6-8,11,14-16,18-21,23-27H,9-10,12-13,22H2,1-5H3;6-9,11-13H,1-5H3;/q2*-1;. The maximum Gasteiger partial charge on any atom is 0.216 e. The summed E-state index contributed by atoms with van der Waals surface area (Å²) in [6, 6.07) is 45.1. The number of fused-ring (bicyclic) bond motifs is 4. The van der Waals surface area contributed by atoms with E-state index in [0.717, 1.165) is 79.4 Å². The molecule has 0 N–H and O–H groups in total. The Balaban J connectivity index is 0.000000256. The molecule has 10 rings (SSSR count). The number of benzene rings is 4. The monoisotopic (exact) mass is 1080 g/mol. The van der Waals surface area contributed by atoms with Crippen LogP contribution in [0.3, 0.4) is 0 Å². The number of pyridine rings is 3. The van der Waals surface area contributed by atoms with Gasteiger partial charge in [-0.2, -0.15) is 0 Å². The number of furan rings is 1. The van der Waals surface area contributed by atoms with Crippen molar-refractivity contribution in [1.82, 2.24) is 24.5 Å². The maximum atomic E-state index is 6.66. The third-order valence-corrected chi connectivity index (χ3v) is 15.2. The number of rotatable bonds is 9. The summed E-state index contributed by atoms with van der Waals surface area (Å²) >= 11 is 0. The van der Waals surface area contributed by atoms with Crippen LogP contribution in [0.4, 0.5) is 0 Å². The third-order valence-electron chi connectivity index (χ3n) is 13.2. The predicted octanol–water partition coefficient (Wildman–Crippen LogP) is 15.2. The molecule has 8 heteroatoms. The fourth-order valence-electron chi connectivity index (χ4n) is 9.59. The normalized spacial score (nSPS) is 13.4. The second-order valence-electron chi connectivity index (χ2n) is 20.9. The molecule has 1 aliphatic carbocycles. The SMILES string of the molecule is CC(C)c1cc(-c2[c-]cccc2)ncc1[Si](C)(C)C.CC(C)c1cc2c(cn1)nc(-c1[c-]ccc3c1oc1nc(CC4CCCC4)ccc13)n2-c1ccc(-c2ccccc2)cc1C(C)(C)C.[Ir]. The van der Waals surface area contributed by atoms with E-state index in [1.54, 1.807) is 0 Å². The summed E-state index contributed by atoms with van der Waals surface area (Å²) in [5, 5.41) is 3.53. The van der Waals surface area contributed by atoms with Gasteiger partial charge in [-0.3, -0.25) is 9.97 Å². The number of hydrogen-bond acceptors (Lipinski definition) is 5.